The molecule has 2 aromatic rings. The van der Waals surface area contributed by atoms with E-state index in [1.807, 2.05) is 0 Å². The summed E-state index contributed by atoms with van der Waals surface area (Å²) in [6.45, 7) is -0.484. The van der Waals surface area contributed by atoms with Crippen molar-refractivity contribution in [2.75, 3.05) is 24.8 Å². The lowest BCUT2D eigenvalue weighted by molar-refractivity contribution is -0.119. The largest absolute Gasteiger partial charge is 0.497 e. The maximum absolute atomic E-state index is 12.9. The number of ether oxygens (including phenoxy) is 2. The predicted octanol–water partition coefficient (Wildman–Crippen LogP) is 2.21. The summed E-state index contributed by atoms with van der Waals surface area (Å²) in [4.78, 5) is 23.5. The number of amides is 1. The molecule has 0 heterocycles. The van der Waals surface area contributed by atoms with Gasteiger partial charge in [0.2, 0.25) is 0 Å². The van der Waals surface area contributed by atoms with Gasteiger partial charge in [-0.15, -0.1) is 0 Å². The van der Waals surface area contributed by atoms with Crippen LogP contribution in [-0.4, -0.2) is 25.6 Å². The Morgan fingerprint density at radius 1 is 1.17 bits per heavy atom. The minimum atomic E-state index is -0.799. The number of anilines is 2. The number of nitrogens with two attached hydrogens (primary N) is 1. The lowest BCUT2D eigenvalue weighted by Gasteiger charge is -2.08. The van der Waals surface area contributed by atoms with Gasteiger partial charge in [0.25, 0.3) is 5.91 Å². The SMILES string of the molecule is COc1ccc(NC(=O)COC(=O)c2ccc(F)cc2N)cc1. The smallest absolute Gasteiger partial charge is 0.340 e. The molecule has 7 heteroatoms. The van der Waals surface area contributed by atoms with Gasteiger partial charge in [-0.25, -0.2) is 9.18 Å². The van der Waals surface area contributed by atoms with E-state index in [-0.39, 0.29) is 11.3 Å². The molecule has 120 valence electrons. The molecule has 0 saturated heterocycles. The topological polar surface area (TPSA) is 90.6 Å². The monoisotopic (exact) mass is 318 g/mol. The van der Waals surface area contributed by atoms with Crippen molar-refractivity contribution in [3.8, 4) is 5.75 Å². The molecule has 23 heavy (non-hydrogen) atoms. The average molecular weight is 318 g/mol. The number of hydrogen-bond acceptors (Lipinski definition) is 5. The highest BCUT2D eigenvalue weighted by Crippen LogP contribution is 2.16. The second-order valence-corrected chi connectivity index (χ2v) is 4.58. The van der Waals surface area contributed by atoms with Crippen molar-refractivity contribution in [2.24, 2.45) is 0 Å². The Bertz CT molecular complexity index is 717. The third-order valence-corrected chi connectivity index (χ3v) is 2.94. The van der Waals surface area contributed by atoms with Crippen LogP contribution in [0.3, 0.4) is 0 Å². The Balaban J connectivity index is 1.89. The van der Waals surface area contributed by atoms with Gasteiger partial charge < -0.3 is 20.5 Å². The predicted molar refractivity (Wildman–Crippen MR) is 82.7 cm³/mol. The molecular formula is C16H15FN2O4. The number of esters is 1. The van der Waals surface area contributed by atoms with Gasteiger partial charge in [0, 0.05) is 11.4 Å². The third-order valence-electron chi connectivity index (χ3n) is 2.94. The summed E-state index contributed by atoms with van der Waals surface area (Å²) in [5.41, 5.74) is 6.01. The van der Waals surface area contributed by atoms with Gasteiger partial charge in [-0.3, -0.25) is 4.79 Å². The van der Waals surface area contributed by atoms with Crippen molar-refractivity contribution in [3.63, 3.8) is 0 Å². The maximum atomic E-state index is 12.9. The van der Waals surface area contributed by atoms with Gasteiger partial charge in [0.15, 0.2) is 6.61 Å². The summed E-state index contributed by atoms with van der Waals surface area (Å²) in [6.07, 6.45) is 0. The van der Waals surface area contributed by atoms with Crippen molar-refractivity contribution in [1.82, 2.24) is 0 Å². The van der Waals surface area contributed by atoms with E-state index >= 15 is 0 Å². The Hall–Kier alpha value is -3.09. The first-order valence-electron chi connectivity index (χ1n) is 6.65. The molecule has 0 bridgehead atoms. The first-order chi connectivity index (χ1) is 11.0. The molecule has 2 rings (SSSR count). The van der Waals surface area contributed by atoms with E-state index in [4.69, 9.17) is 15.2 Å². The molecule has 0 aromatic heterocycles. The molecule has 0 fully saturated rings. The van der Waals surface area contributed by atoms with Gasteiger partial charge in [-0.2, -0.15) is 0 Å². The normalized spacial score (nSPS) is 10.0. The molecule has 0 unspecified atom stereocenters. The number of carbonyl (C=O) groups excluding carboxylic acids is 2. The van der Waals surface area contributed by atoms with E-state index in [0.29, 0.717) is 11.4 Å². The Morgan fingerprint density at radius 2 is 1.87 bits per heavy atom. The minimum Gasteiger partial charge on any atom is -0.497 e. The zero-order valence-electron chi connectivity index (χ0n) is 12.3. The molecule has 0 radical (unpaired) electrons. The number of methoxy groups -OCH3 is 1. The maximum Gasteiger partial charge on any atom is 0.340 e. The van der Waals surface area contributed by atoms with Gasteiger partial charge >= 0.3 is 5.97 Å². The summed E-state index contributed by atoms with van der Waals surface area (Å²) in [6, 6.07) is 9.96. The second kappa shape index (κ2) is 7.26. The fourth-order valence-corrected chi connectivity index (χ4v) is 1.80. The fraction of sp³-hybridized carbons (Fsp3) is 0.125. The van der Waals surface area contributed by atoms with E-state index in [1.54, 1.807) is 24.3 Å². The van der Waals surface area contributed by atoms with Crippen LogP contribution in [0.15, 0.2) is 42.5 Å². The van der Waals surface area contributed by atoms with Crippen LogP contribution in [0.25, 0.3) is 0 Å². The average Bonchev–Trinajstić information content (AvgIpc) is 2.53. The van der Waals surface area contributed by atoms with Gasteiger partial charge in [0.05, 0.1) is 12.7 Å². The third kappa shape index (κ3) is 4.44. The lowest BCUT2D eigenvalue weighted by Crippen LogP contribution is -2.21. The number of carbonyl (C=O) groups is 2. The van der Waals surface area contributed by atoms with Crippen molar-refractivity contribution in [1.29, 1.82) is 0 Å². The van der Waals surface area contributed by atoms with Crippen LogP contribution in [0.5, 0.6) is 5.75 Å². The Kier molecular flexibility index (Phi) is 5.14. The lowest BCUT2D eigenvalue weighted by atomic mass is 10.2. The molecule has 0 spiro atoms. The zero-order chi connectivity index (χ0) is 16.8. The van der Waals surface area contributed by atoms with Crippen LogP contribution in [0.4, 0.5) is 15.8 Å². The number of hydrogen-bond donors (Lipinski definition) is 2. The second-order valence-electron chi connectivity index (χ2n) is 4.58. The minimum absolute atomic E-state index is 0.00338. The molecule has 6 nitrogen and oxygen atoms in total. The quantitative estimate of drug-likeness (QED) is 0.651. The van der Waals surface area contributed by atoms with Crippen LogP contribution in [0, 0.1) is 5.82 Å². The molecule has 1 amide bonds. The van der Waals surface area contributed by atoms with E-state index in [1.165, 1.54) is 13.2 Å². The van der Waals surface area contributed by atoms with E-state index < -0.39 is 24.3 Å². The van der Waals surface area contributed by atoms with Crippen LogP contribution in [0.1, 0.15) is 10.4 Å². The number of nitrogens with one attached hydrogen (secondary N) is 1. The summed E-state index contributed by atoms with van der Waals surface area (Å²) in [5, 5.41) is 2.56. The van der Waals surface area contributed by atoms with Crippen molar-refractivity contribution in [3.05, 3.63) is 53.8 Å². The molecule has 0 aliphatic carbocycles. The van der Waals surface area contributed by atoms with Crippen molar-refractivity contribution in [2.45, 2.75) is 0 Å². The standard InChI is InChI=1S/C16H15FN2O4/c1-22-12-5-3-11(4-6-12)19-15(20)9-23-16(21)13-7-2-10(17)8-14(13)18/h2-8H,9,18H2,1H3,(H,19,20). The van der Waals surface area contributed by atoms with Crippen molar-refractivity contribution < 1.29 is 23.5 Å². The molecular weight excluding hydrogens is 303 g/mol. The highest BCUT2D eigenvalue weighted by molar-refractivity contribution is 5.98. The van der Waals surface area contributed by atoms with Gasteiger partial charge in [-0.1, -0.05) is 0 Å². The molecule has 0 atom stereocenters. The molecule has 0 aliphatic rings. The first-order valence-corrected chi connectivity index (χ1v) is 6.65. The highest BCUT2D eigenvalue weighted by atomic mass is 19.1. The zero-order valence-corrected chi connectivity index (χ0v) is 12.3. The summed E-state index contributed by atoms with van der Waals surface area (Å²) >= 11 is 0. The summed E-state index contributed by atoms with van der Waals surface area (Å²) in [7, 11) is 1.54. The molecule has 3 N–H and O–H groups in total. The number of benzene rings is 2. The first kappa shape index (κ1) is 16.3. The van der Waals surface area contributed by atoms with Gasteiger partial charge in [0.1, 0.15) is 11.6 Å². The van der Waals surface area contributed by atoms with Crippen molar-refractivity contribution >= 4 is 23.3 Å². The Labute approximate surface area is 132 Å². The van der Waals surface area contributed by atoms with E-state index in [9.17, 15) is 14.0 Å². The van der Waals surface area contributed by atoms with Crippen LogP contribution < -0.4 is 15.8 Å². The van der Waals surface area contributed by atoms with E-state index in [0.717, 1.165) is 12.1 Å². The Morgan fingerprint density at radius 3 is 2.48 bits per heavy atom. The summed E-state index contributed by atoms with van der Waals surface area (Å²) in [5.74, 6) is -1.21. The van der Waals surface area contributed by atoms with Crippen LogP contribution in [-0.2, 0) is 9.53 Å². The number of rotatable bonds is 5. The van der Waals surface area contributed by atoms with Crippen LogP contribution in [0.2, 0.25) is 0 Å². The molecule has 0 saturated carbocycles. The van der Waals surface area contributed by atoms with E-state index in [2.05, 4.69) is 5.32 Å². The van der Waals surface area contributed by atoms with Crippen LogP contribution >= 0.6 is 0 Å². The number of halogens is 1. The number of nitrogen functional groups attached to an aromatic ring is 1. The molecule has 2 aromatic carbocycles. The molecule has 0 aliphatic heterocycles. The fourth-order valence-electron chi connectivity index (χ4n) is 1.80. The van der Waals surface area contributed by atoms with Gasteiger partial charge in [-0.05, 0) is 42.5 Å². The highest BCUT2D eigenvalue weighted by Gasteiger charge is 2.14. The summed E-state index contributed by atoms with van der Waals surface area (Å²) < 4.78 is 22.8.